The van der Waals surface area contributed by atoms with Crippen molar-refractivity contribution >= 4 is 26.8 Å². The molecule has 0 aliphatic carbocycles. The number of nitrogens with one attached hydrogen (secondary N) is 1. The average Bonchev–Trinajstić information content (AvgIpc) is 3.21. The van der Waals surface area contributed by atoms with Crippen LogP contribution in [0.25, 0.3) is 10.8 Å². The van der Waals surface area contributed by atoms with E-state index in [1.54, 1.807) is 18.2 Å². The van der Waals surface area contributed by atoms with Crippen LogP contribution in [0.3, 0.4) is 0 Å². The number of fused-ring (bicyclic) bond motifs is 1. The molecule has 0 bridgehead atoms. The van der Waals surface area contributed by atoms with Crippen molar-refractivity contribution in [3.8, 4) is 0 Å². The van der Waals surface area contributed by atoms with Crippen LogP contribution >= 0.6 is 0 Å². The zero-order valence-electron chi connectivity index (χ0n) is 18.3. The number of carboxylic acids is 1. The van der Waals surface area contributed by atoms with E-state index < -0.39 is 34.1 Å². The highest BCUT2D eigenvalue weighted by Crippen LogP contribution is 2.41. The van der Waals surface area contributed by atoms with Gasteiger partial charge in [0, 0.05) is 5.92 Å². The first-order chi connectivity index (χ1) is 15.8. The molecule has 0 amide bonds. The summed E-state index contributed by atoms with van der Waals surface area (Å²) < 4.78 is 34.6. The van der Waals surface area contributed by atoms with Crippen molar-refractivity contribution in [1.82, 2.24) is 4.72 Å². The summed E-state index contributed by atoms with van der Waals surface area (Å²) in [6, 6.07) is 19.0. The second kappa shape index (κ2) is 9.47. The van der Waals surface area contributed by atoms with Crippen LogP contribution in [0.4, 0.5) is 0 Å². The molecule has 4 atom stereocenters. The van der Waals surface area contributed by atoms with Crippen LogP contribution in [0.5, 0.6) is 0 Å². The van der Waals surface area contributed by atoms with Gasteiger partial charge in [0.2, 0.25) is 10.0 Å². The highest BCUT2D eigenvalue weighted by Gasteiger charge is 2.44. The van der Waals surface area contributed by atoms with Crippen molar-refractivity contribution in [2.75, 3.05) is 0 Å². The van der Waals surface area contributed by atoms with Crippen molar-refractivity contribution in [1.29, 1.82) is 0 Å². The van der Waals surface area contributed by atoms with Gasteiger partial charge in [-0.1, -0.05) is 60.2 Å². The fraction of sp³-hybridized carbons (Fsp3) is 0.269. The number of hydrogen-bond donors (Lipinski definition) is 2. The number of rotatable bonds is 8. The Bertz CT molecular complexity index is 1270. The third-order valence-corrected chi connectivity index (χ3v) is 7.61. The number of aryl methyl sites for hydroxylation is 1. The van der Waals surface area contributed by atoms with E-state index in [9.17, 15) is 18.3 Å². The van der Waals surface area contributed by atoms with E-state index in [2.05, 4.69) is 11.3 Å². The lowest BCUT2D eigenvalue weighted by molar-refractivity contribution is -0.141. The fourth-order valence-electron chi connectivity index (χ4n) is 4.41. The predicted octanol–water partition coefficient (Wildman–Crippen LogP) is 4.60. The van der Waals surface area contributed by atoms with E-state index >= 15 is 0 Å². The quantitative estimate of drug-likeness (QED) is 0.474. The average molecular weight is 466 g/mol. The van der Waals surface area contributed by atoms with Gasteiger partial charge in [0.25, 0.3) is 0 Å². The number of carboxylic acid groups (broad SMARTS) is 1. The summed E-state index contributed by atoms with van der Waals surface area (Å²) in [4.78, 5) is 12.2. The Morgan fingerprint density at radius 3 is 2.52 bits per heavy atom. The van der Waals surface area contributed by atoms with Crippen LogP contribution in [0.2, 0.25) is 0 Å². The van der Waals surface area contributed by atoms with Crippen molar-refractivity contribution < 1.29 is 23.1 Å². The summed E-state index contributed by atoms with van der Waals surface area (Å²) in [6.45, 7) is 5.62. The van der Waals surface area contributed by atoms with E-state index in [0.717, 1.165) is 21.9 Å². The molecular formula is C26H27NO5S. The van der Waals surface area contributed by atoms with Gasteiger partial charge >= 0.3 is 5.97 Å². The van der Waals surface area contributed by atoms with Crippen molar-refractivity contribution in [3.63, 3.8) is 0 Å². The van der Waals surface area contributed by atoms with Crippen LogP contribution in [-0.2, 0) is 19.6 Å². The molecule has 2 N–H and O–H groups in total. The Morgan fingerprint density at radius 2 is 1.85 bits per heavy atom. The summed E-state index contributed by atoms with van der Waals surface area (Å²) in [7, 11) is -4.02. The lowest BCUT2D eigenvalue weighted by Crippen LogP contribution is -2.48. The van der Waals surface area contributed by atoms with Gasteiger partial charge in [-0.3, -0.25) is 4.79 Å². The normalized spacial score (nSPS) is 21.7. The number of carbonyl (C=O) groups is 1. The molecule has 6 nitrogen and oxygen atoms in total. The molecular weight excluding hydrogens is 438 g/mol. The van der Waals surface area contributed by atoms with E-state index in [1.165, 1.54) is 12.1 Å². The van der Waals surface area contributed by atoms with Gasteiger partial charge in [0.1, 0.15) is 6.04 Å². The largest absolute Gasteiger partial charge is 0.480 e. The minimum Gasteiger partial charge on any atom is -0.480 e. The highest BCUT2D eigenvalue weighted by molar-refractivity contribution is 7.89. The van der Waals surface area contributed by atoms with Crippen molar-refractivity contribution in [3.05, 3.63) is 90.5 Å². The Morgan fingerprint density at radius 1 is 1.15 bits per heavy atom. The zero-order chi connectivity index (χ0) is 23.6. The minimum absolute atomic E-state index is 0.0321. The van der Waals surface area contributed by atoms with Gasteiger partial charge < -0.3 is 9.84 Å². The van der Waals surface area contributed by atoms with Gasteiger partial charge in [-0.15, -0.1) is 6.58 Å². The highest BCUT2D eigenvalue weighted by atomic mass is 32.2. The molecule has 172 valence electrons. The van der Waals surface area contributed by atoms with Gasteiger partial charge in [-0.2, -0.15) is 4.72 Å². The number of ether oxygens (including phenoxy) is 1. The van der Waals surface area contributed by atoms with Crippen LogP contribution < -0.4 is 4.72 Å². The van der Waals surface area contributed by atoms with E-state index in [0.29, 0.717) is 12.8 Å². The van der Waals surface area contributed by atoms with E-state index in [-0.39, 0.29) is 11.0 Å². The lowest BCUT2D eigenvalue weighted by Gasteiger charge is -2.24. The fourth-order valence-corrected chi connectivity index (χ4v) is 5.65. The van der Waals surface area contributed by atoms with Crippen molar-refractivity contribution in [2.24, 2.45) is 5.92 Å². The minimum atomic E-state index is -4.02. The predicted molar refractivity (Wildman–Crippen MR) is 127 cm³/mol. The van der Waals surface area contributed by atoms with Crippen LogP contribution in [0, 0.1) is 12.8 Å². The Hall–Kier alpha value is -3.00. The van der Waals surface area contributed by atoms with Crippen molar-refractivity contribution in [2.45, 2.75) is 42.9 Å². The molecule has 0 spiro atoms. The third-order valence-electron chi connectivity index (χ3n) is 6.15. The zero-order valence-corrected chi connectivity index (χ0v) is 19.2. The number of aliphatic carboxylic acids is 1. The molecule has 0 saturated carbocycles. The second-order valence-electron chi connectivity index (χ2n) is 8.44. The smallest absolute Gasteiger partial charge is 0.322 e. The molecule has 7 heteroatoms. The Balaban J connectivity index is 1.62. The van der Waals surface area contributed by atoms with Gasteiger partial charge in [-0.05, 0) is 54.3 Å². The number of sulfonamides is 1. The maximum absolute atomic E-state index is 12.9. The third kappa shape index (κ3) is 5.00. The Labute approximate surface area is 194 Å². The molecule has 1 unspecified atom stereocenters. The van der Waals surface area contributed by atoms with Crippen LogP contribution in [0.1, 0.15) is 30.1 Å². The molecule has 1 heterocycles. The maximum Gasteiger partial charge on any atom is 0.322 e. The lowest BCUT2D eigenvalue weighted by atomic mass is 9.88. The molecule has 3 aromatic carbocycles. The van der Waals surface area contributed by atoms with Crippen LogP contribution in [-0.4, -0.2) is 31.6 Å². The number of benzene rings is 3. The summed E-state index contributed by atoms with van der Waals surface area (Å²) in [6.07, 6.45) is 1.67. The first kappa shape index (κ1) is 23.2. The number of hydrogen-bond acceptors (Lipinski definition) is 4. The summed E-state index contributed by atoms with van der Waals surface area (Å²) in [5, 5.41) is 12.1. The van der Waals surface area contributed by atoms with Gasteiger partial charge in [-0.25, -0.2) is 8.42 Å². The molecule has 0 aromatic heterocycles. The van der Waals surface area contributed by atoms with Gasteiger partial charge in [0.15, 0.2) is 0 Å². The second-order valence-corrected chi connectivity index (χ2v) is 10.2. The van der Waals surface area contributed by atoms with E-state index in [1.807, 2.05) is 49.4 Å². The van der Waals surface area contributed by atoms with E-state index in [4.69, 9.17) is 4.74 Å². The summed E-state index contributed by atoms with van der Waals surface area (Å²) in [5.74, 6) is -1.79. The maximum atomic E-state index is 12.9. The summed E-state index contributed by atoms with van der Waals surface area (Å²) in [5.41, 5.74) is 1.85. The Kier molecular flexibility index (Phi) is 6.65. The molecule has 1 aliphatic heterocycles. The van der Waals surface area contributed by atoms with Gasteiger partial charge in [0.05, 0.1) is 17.1 Å². The topological polar surface area (TPSA) is 92.7 Å². The molecule has 0 radical (unpaired) electrons. The molecule has 3 aromatic rings. The monoisotopic (exact) mass is 465 g/mol. The molecule has 1 aliphatic rings. The van der Waals surface area contributed by atoms with Crippen LogP contribution in [0.15, 0.2) is 84.3 Å². The molecule has 1 fully saturated rings. The first-order valence-electron chi connectivity index (χ1n) is 10.9. The SMILES string of the molecule is C=CC[C@H]1O[C@@H](c2ccc3ccccc3c2)C[C@@H]1C(NS(=O)(=O)c1ccc(C)cc1)C(=O)O. The molecule has 1 saturated heterocycles. The first-order valence-corrected chi connectivity index (χ1v) is 12.3. The summed E-state index contributed by atoms with van der Waals surface area (Å²) >= 11 is 0. The molecule has 4 rings (SSSR count). The molecule has 33 heavy (non-hydrogen) atoms. The standard InChI is InChI=1S/C26H27NO5S/c1-3-6-23-22(16-24(32-23)20-12-11-18-7-4-5-8-19(18)15-20)25(26(28)29)27-33(30,31)21-13-9-17(2)10-14-21/h3-5,7-15,22-25,27H,1,6,16H2,2H3,(H,28,29)/t22-,23+,24+,25?/m0/s1.